The molecule has 0 unspecified atom stereocenters. The molecule has 3 aromatic carbocycles. The molecular formula is C27H26N2O4. The molecule has 0 fully saturated rings. The van der Waals surface area contributed by atoms with Gasteiger partial charge in [-0.3, -0.25) is 14.5 Å². The summed E-state index contributed by atoms with van der Waals surface area (Å²) in [5.41, 5.74) is 2.74. The number of anilines is 1. The van der Waals surface area contributed by atoms with Crippen LogP contribution in [0.15, 0.2) is 84.6 Å². The molecule has 0 bridgehead atoms. The molecule has 0 aliphatic carbocycles. The van der Waals surface area contributed by atoms with Crippen LogP contribution in [0.5, 0.6) is 11.5 Å². The van der Waals surface area contributed by atoms with Crippen LogP contribution in [0.25, 0.3) is 5.57 Å². The van der Waals surface area contributed by atoms with Crippen molar-refractivity contribution in [3.63, 3.8) is 0 Å². The molecule has 0 saturated carbocycles. The smallest absolute Gasteiger partial charge is 0.278 e. The topological polar surface area (TPSA) is 67.9 Å². The Hall–Kier alpha value is -4.06. The lowest BCUT2D eigenvalue weighted by Gasteiger charge is -2.15. The van der Waals surface area contributed by atoms with Crippen LogP contribution in [0.3, 0.4) is 0 Å². The number of hydrogen-bond acceptors (Lipinski definition) is 5. The van der Waals surface area contributed by atoms with Crippen molar-refractivity contribution in [1.29, 1.82) is 0 Å². The van der Waals surface area contributed by atoms with Crippen LogP contribution in [0.2, 0.25) is 0 Å². The summed E-state index contributed by atoms with van der Waals surface area (Å²) in [5, 5.41) is 3.16. The minimum absolute atomic E-state index is 0.0383. The van der Waals surface area contributed by atoms with Crippen LogP contribution in [0, 0.1) is 0 Å². The predicted octanol–water partition coefficient (Wildman–Crippen LogP) is 4.87. The molecule has 0 spiro atoms. The maximum atomic E-state index is 13.5. The molecule has 3 aromatic rings. The Bertz CT molecular complexity index is 1180. The number of amides is 2. The molecular weight excluding hydrogens is 416 g/mol. The molecule has 2 amide bonds. The van der Waals surface area contributed by atoms with E-state index in [4.69, 9.17) is 9.47 Å². The quantitative estimate of drug-likeness (QED) is 0.504. The first-order valence-corrected chi connectivity index (χ1v) is 10.8. The van der Waals surface area contributed by atoms with Crippen molar-refractivity contribution in [3.8, 4) is 11.5 Å². The Kier molecular flexibility index (Phi) is 6.45. The van der Waals surface area contributed by atoms with Crippen molar-refractivity contribution in [2.45, 2.75) is 26.5 Å². The van der Waals surface area contributed by atoms with Gasteiger partial charge in [0.1, 0.15) is 17.2 Å². The molecule has 1 N–H and O–H groups in total. The van der Waals surface area contributed by atoms with Gasteiger partial charge in [0.05, 0.1) is 25.3 Å². The van der Waals surface area contributed by atoms with Gasteiger partial charge in [-0.2, -0.15) is 0 Å². The molecule has 4 rings (SSSR count). The van der Waals surface area contributed by atoms with Gasteiger partial charge in [-0.15, -0.1) is 0 Å². The van der Waals surface area contributed by atoms with E-state index < -0.39 is 0 Å². The van der Waals surface area contributed by atoms with Gasteiger partial charge in [-0.1, -0.05) is 48.5 Å². The Morgan fingerprint density at radius 2 is 1.58 bits per heavy atom. The zero-order chi connectivity index (χ0) is 23.4. The maximum Gasteiger partial charge on any atom is 0.278 e. The van der Waals surface area contributed by atoms with Gasteiger partial charge in [-0.05, 0) is 49.2 Å². The van der Waals surface area contributed by atoms with Gasteiger partial charge in [0.25, 0.3) is 11.8 Å². The lowest BCUT2D eigenvalue weighted by Crippen LogP contribution is -2.31. The first-order chi connectivity index (χ1) is 16.0. The molecule has 1 aliphatic heterocycles. The third-order valence-corrected chi connectivity index (χ3v) is 5.21. The number of nitrogens with zero attached hydrogens (tertiary/aromatic N) is 1. The van der Waals surface area contributed by atoms with E-state index in [1.54, 1.807) is 25.3 Å². The minimum atomic E-state index is -0.371. The Balaban J connectivity index is 1.72. The van der Waals surface area contributed by atoms with E-state index in [0.29, 0.717) is 28.3 Å². The standard InChI is InChI=1S/C27H26N2O4/c1-18(2)33-22-14-12-20(13-15-22)24-25(28-21-10-7-11-23(16-21)32-3)27(31)29(26(24)30)17-19-8-5-4-6-9-19/h4-16,18,28H,17H2,1-3H3. The number of imide groups is 1. The van der Waals surface area contributed by atoms with E-state index >= 15 is 0 Å². The Morgan fingerprint density at radius 1 is 0.848 bits per heavy atom. The molecule has 1 heterocycles. The number of nitrogens with one attached hydrogen (secondary N) is 1. The van der Waals surface area contributed by atoms with Gasteiger partial charge in [0, 0.05) is 11.8 Å². The van der Waals surface area contributed by atoms with Gasteiger partial charge in [0.15, 0.2) is 0 Å². The SMILES string of the molecule is COc1cccc(NC2=C(c3ccc(OC(C)C)cc3)C(=O)N(Cc3ccccc3)C2=O)c1. The van der Waals surface area contributed by atoms with Gasteiger partial charge in [-0.25, -0.2) is 0 Å². The Labute approximate surface area is 193 Å². The number of carbonyl (C=O) groups is 2. The predicted molar refractivity (Wildman–Crippen MR) is 128 cm³/mol. The van der Waals surface area contributed by atoms with Crippen molar-refractivity contribution in [1.82, 2.24) is 4.90 Å². The summed E-state index contributed by atoms with van der Waals surface area (Å²) in [6, 6.07) is 23.9. The van der Waals surface area contributed by atoms with Crippen molar-refractivity contribution in [3.05, 3.63) is 95.7 Å². The molecule has 0 atom stereocenters. The van der Waals surface area contributed by atoms with Crippen molar-refractivity contribution < 1.29 is 19.1 Å². The van der Waals surface area contributed by atoms with E-state index in [2.05, 4.69) is 5.32 Å². The van der Waals surface area contributed by atoms with Crippen LogP contribution in [-0.4, -0.2) is 29.9 Å². The van der Waals surface area contributed by atoms with E-state index in [9.17, 15) is 9.59 Å². The zero-order valence-corrected chi connectivity index (χ0v) is 18.9. The molecule has 0 radical (unpaired) electrons. The first kappa shape index (κ1) is 22.1. The fourth-order valence-electron chi connectivity index (χ4n) is 3.69. The summed E-state index contributed by atoms with van der Waals surface area (Å²) in [6.07, 6.45) is 0.0383. The normalized spacial score (nSPS) is 13.6. The fourth-order valence-corrected chi connectivity index (χ4v) is 3.69. The first-order valence-electron chi connectivity index (χ1n) is 10.8. The fraction of sp³-hybridized carbons (Fsp3) is 0.185. The van der Waals surface area contributed by atoms with Crippen LogP contribution >= 0.6 is 0 Å². The summed E-state index contributed by atoms with van der Waals surface area (Å²) in [4.78, 5) is 28.1. The number of rotatable bonds is 8. The summed E-state index contributed by atoms with van der Waals surface area (Å²) in [7, 11) is 1.58. The lowest BCUT2D eigenvalue weighted by atomic mass is 10.0. The number of ether oxygens (including phenoxy) is 2. The van der Waals surface area contributed by atoms with Gasteiger partial charge in [0.2, 0.25) is 0 Å². The van der Waals surface area contributed by atoms with Crippen LogP contribution < -0.4 is 14.8 Å². The maximum absolute atomic E-state index is 13.5. The Morgan fingerprint density at radius 3 is 2.24 bits per heavy atom. The second kappa shape index (κ2) is 9.61. The second-order valence-corrected chi connectivity index (χ2v) is 7.98. The van der Waals surface area contributed by atoms with Crippen LogP contribution in [0.1, 0.15) is 25.0 Å². The lowest BCUT2D eigenvalue weighted by molar-refractivity contribution is -0.137. The van der Waals surface area contributed by atoms with Crippen molar-refractivity contribution in [2.75, 3.05) is 12.4 Å². The van der Waals surface area contributed by atoms with Gasteiger partial charge < -0.3 is 14.8 Å². The third kappa shape index (κ3) is 4.90. The molecule has 0 aromatic heterocycles. The van der Waals surface area contributed by atoms with E-state index in [-0.39, 0.29) is 30.2 Å². The van der Waals surface area contributed by atoms with Crippen molar-refractivity contribution >= 4 is 23.1 Å². The average Bonchev–Trinajstić information content (AvgIpc) is 3.04. The second-order valence-electron chi connectivity index (χ2n) is 7.98. The summed E-state index contributed by atoms with van der Waals surface area (Å²) in [5.74, 6) is 0.640. The highest BCUT2D eigenvalue weighted by molar-refractivity contribution is 6.36. The van der Waals surface area contributed by atoms with E-state index in [0.717, 1.165) is 5.56 Å². The summed E-state index contributed by atoms with van der Waals surface area (Å²) >= 11 is 0. The van der Waals surface area contributed by atoms with E-state index in [1.165, 1.54) is 4.90 Å². The van der Waals surface area contributed by atoms with Crippen LogP contribution in [-0.2, 0) is 16.1 Å². The largest absolute Gasteiger partial charge is 0.497 e. The molecule has 33 heavy (non-hydrogen) atoms. The molecule has 0 saturated heterocycles. The van der Waals surface area contributed by atoms with E-state index in [1.807, 2.05) is 74.5 Å². The zero-order valence-electron chi connectivity index (χ0n) is 18.9. The minimum Gasteiger partial charge on any atom is -0.497 e. The average molecular weight is 443 g/mol. The molecule has 1 aliphatic rings. The van der Waals surface area contributed by atoms with Gasteiger partial charge >= 0.3 is 0 Å². The monoisotopic (exact) mass is 442 g/mol. The number of benzene rings is 3. The number of methoxy groups -OCH3 is 1. The molecule has 6 nitrogen and oxygen atoms in total. The third-order valence-electron chi connectivity index (χ3n) is 5.21. The summed E-state index contributed by atoms with van der Waals surface area (Å²) < 4.78 is 11.0. The number of hydrogen-bond donors (Lipinski definition) is 1. The molecule has 6 heteroatoms. The number of carbonyl (C=O) groups excluding carboxylic acids is 2. The van der Waals surface area contributed by atoms with Crippen molar-refractivity contribution in [2.24, 2.45) is 0 Å². The highest BCUT2D eigenvalue weighted by Crippen LogP contribution is 2.33. The van der Waals surface area contributed by atoms with Crippen LogP contribution in [0.4, 0.5) is 5.69 Å². The highest BCUT2D eigenvalue weighted by Gasteiger charge is 2.39. The molecule has 168 valence electrons. The summed E-state index contributed by atoms with van der Waals surface area (Å²) in [6.45, 7) is 4.10. The highest BCUT2D eigenvalue weighted by atomic mass is 16.5.